The van der Waals surface area contributed by atoms with Gasteiger partial charge in [0.1, 0.15) is 0 Å². The van der Waals surface area contributed by atoms with E-state index in [0.717, 1.165) is 42.6 Å². The number of nitrogens with one attached hydrogen (secondary N) is 2. The Morgan fingerprint density at radius 2 is 1.28 bits per heavy atom. The van der Waals surface area contributed by atoms with Crippen molar-refractivity contribution in [2.45, 2.75) is 32.6 Å². The summed E-state index contributed by atoms with van der Waals surface area (Å²) in [5.41, 5.74) is 2.76. The smallest absolute Gasteiger partial charge is 0.227 e. The van der Waals surface area contributed by atoms with Crippen LogP contribution in [-0.2, 0) is 9.59 Å². The highest BCUT2D eigenvalue weighted by atomic mass is 16.2. The van der Waals surface area contributed by atoms with Crippen molar-refractivity contribution < 1.29 is 9.59 Å². The monoisotopic (exact) mass is 336 g/mol. The molecule has 1 aliphatic carbocycles. The van der Waals surface area contributed by atoms with Gasteiger partial charge in [-0.1, -0.05) is 36.4 Å². The summed E-state index contributed by atoms with van der Waals surface area (Å²) in [5, 5.41) is 5.99. The van der Waals surface area contributed by atoms with Crippen LogP contribution in [0.2, 0.25) is 0 Å². The molecule has 2 aromatic rings. The second kappa shape index (κ2) is 7.97. The molecule has 2 aromatic carbocycles. The molecular formula is C21H24N2O2. The van der Waals surface area contributed by atoms with Gasteiger partial charge >= 0.3 is 0 Å². The van der Waals surface area contributed by atoms with Gasteiger partial charge in [0, 0.05) is 23.2 Å². The molecule has 0 aromatic heterocycles. The molecule has 0 aliphatic heterocycles. The van der Waals surface area contributed by atoms with Gasteiger partial charge in [-0.25, -0.2) is 0 Å². The summed E-state index contributed by atoms with van der Waals surface area (Å²) in [6.07, 6.45) is 3.02. The maximum atomic E-state index is 12.5. The molecule has 1 aliphatic rings. The minimum atomic E-state index is -0.0135. The van der Waals surface area contributed by atoms with Crippen molar-refractivity contribution in [2.24, 2.45) is 11.8 Å². The van der Waals surface area contributed by atoms with Crippen molar-refractivity contribution in [3.63, 3.8) is 0 Å². The highest BCUT2D eigenvalue weighted by Gasteiger charge is 2.30. The van der Waals surface area contributed by atoms with Gasteiger partial charge in [0.25, 0.3) is 0 Å². The van der Waals surface area contributed by atoms with Crippen LogP contribution in [-0.4, -0.2) is 11.8 Å². The van der Waals surface area contributed by atoms with Gasteiger partial charge < -0.3 is 10.6 Å². The van der Waals surface area contributed by atoms with Gasteiger partial charge in [0.2, 0.25) is 11.8 Å². The summed E-state index contributed by atoms with van der Waals surface area (Å²) < 4.78 is 0. The van der Waals surface area contributed by atoms with Crippen LogP contribution in [0.5, 0.6) is 0 Å². The first-order valence-corrected chi connectivity index (χ1v) is 8.86. The van der Waals surface area contributed by atoms with E-state index in [1.165, 1.54) is 0 Å². The second-order valence-corrected chi connectivity index (χ2v) is 6.71. The van der Waals surface area contributed by atoms with Crippen LogP contribution in [0, 0.1) is 18.8 Å². The molecule has 130 valence electrons. The lowest BCUT2D eigenvalue weighted by Crippen LogP contribution is -2.32. The highest BCUT2D eigenvalue weighted by molar-refractivity contribution is 5.94. The van der Waals surface area contributed by atoms with E-state index in [1.807, 2.05) is 61.5 Å². The van der Waals surface area contributed by atoms with Crippen molar-refractivity contribution in [3.8, 4) is 0 Å². The largest absolute Gasteiger partial charge is 0.326 e. The van der Waals surface area contributed by atoms with Crippen molar-refractivity contribution in [1.82, 2.24) is 0 Å². The topological polar surface area (TPSA) is 58.2 Å². The molecule has 0 atom stereocenters. The van der Waals surface area contributed by atoms with Crippen LogP contribution < -0.4 is 10.6 Å². The molecular weight excluding hydrogens is 312 g/mol. The lowest BCUT2D eigenvalue weighted by Gasteiger charge is -2.27. The summed E-state index contributed by atoms with van der Waals surface area (Å²) in [5.74, 6) is 0.100. The third kappa shape index (κ3) is 4.47. The van der Waals surface area contributed by atoms with Crippen molar-refractivity contribution in [2.75, 3.05) is 10.6 Å². The van der Waals surface area contributed by atoms with Crippen LogP contribution in [0.15, 0.2) is 54.6 Å². The molecule has 2 N–H and O–H groups in total. The molecule has 0 heterocycles. The zero-order chi connectivity index (χ0) is 17.6. The number of hydrogen-bond acceptors (Lipinski definition) is 2. The van der Waals surface area contributed by atoms with Gasteiger partial charge in [-0.3, -0.25) is 9.59 Å². The maximum Gasteiger partial charge on any atom is 0.227 e. The van der Waals surface area contributed by atoms with E-state index in [9.17, 15) is 9.59 Å². The molecule has 4 nitrogen and oxygen atoms in total. The molecule has 0 saturated heterocycles. The highest BCUT2D eigenvalue weighted by Crippen LogP contribution is 2.30. The zero-order valence-electron chi connectivity index (χ0n) is 14.5. The van der Waals surface area contributed by atoms with Gasteiger partial charge in [0.15, 0.2) is 0 Å². The Hall–Kier alpha value is -2.62. The summed E-state index contributed by atoms with van der Waals surface area (Å²) >= 11 is 0. The van der Waals surface area contributed by atoms with Crippen molar-refractivity contribution >= 4 is 23.2 Å². The third-order valence-corrected chi connectivity index (χ3v) is 4.91. The van der Waals surface area contributed by atoms with Crippen LogP contribution in [0.1, 0.15) is 31.2 Å². The van der Waals surface area contributed by atoms with Gasteiger partial charge in [-0.15, -0.1) is 0 Å². The molecule has 3 rings (SSSR count). The first-order valence-electron chi connectivity index (χ1n) is 8.86. The van der Waals surface area contributed by atoms with Crippen molar-refractivity contribution in [1.29, 1.82) is 0 Å². The summed E-state index contributed by atoms with van der Waals surface area (Å²) in [6, 6.07) is 17.3. The number of benzene rings is 2. The Morgan fingerprint density at radius 3 is 1.88 bits per heavy atom. The van der Waals surface area contributed by atoms with E-state index >= 15 is 0 Å². The Kier molecular flexibility index (Phi) is 5.49. The number of aryl methyl sites for hydroxylation is 1. The quantitative estimate of drug-likeness (QED) is 0.870. The van der Waals surface area contributed by atoms with Crippen molar-refractivity contribution in [3.05, 3.63) is 60.2 Å². The van der Waals surface area contributed by atoms with E-state index in [4.69, 9.17) is 0 Å². The van der Waals surface area contributed by atoms with Gasteiger partial charge in [-0.2, -0.15) is 0 Å². The summed E-state index contributed by atoms with van der Waals surface area (Å²) in [4.78, 5) is 24.8. The van der Waals surface area contributed by atoms with E-state index in [0.29, 0.717) is 0 Å². The number of carbonyl (C=O) groups excluding carboxylic acids is 2. The van der Waals surface area contributed by atoms with Gasteiger partial charge in [0.05, 0.1) is 0 Å². The normalized spacial score (nSPS) is 19.9. The number of hydrogen-bond donors (Lipinski definition) is 2. The fourth-order valence-electron chi connectivity index (χ4n) is 3.33. The lowest BCUT2D eigenvalue weighted by molar-refractivity contribution is -0.125. The summed E-state index contributed by atoms with van der Waals surface area (Å²) in [6.45, 7) is 1.99. The molecule has 1 saturated carbocycles. The third-order valence-electron chi connectivity index (χ3n) is 4.91. The number of carbonyl (C=O) groups is 2. The van der Waals surface area contributed by atoms with Crippen LogP contribution >= 0.6 is 0 Å². The number of para-hydroxylation sites is 2. The zero-order valence-corrected chi connectivity index (χ0v) is 14.5. The number of amides is 2. The molecule has 25 heavy (non-hydrogen) atoms. The Balaban J connectivity index is 1.50. The molecule has 0 bridgehead atoms. The van der Waals surface area contributed by atoms with E-state index < -0.39 is 0 Å². The minimum Gasteiger partial charge on any atom is -0.326 e. The van der Waals surface area contributed by atoms with E-state index in [2.05, 4.69) is 10.6 Å². The number of rotatable bonds is 4. The Morgan fingerprint density at radius 1 is 0.760 bits per heavy atom. The van der Waals surface area contributed by atoms with Crippen LogP contribution in [0.3, 0.4) is 0 Å². The van der Waals surface area contributed by atoms with E-state index in [-0.39, 0.29) is 23.7 Å². The molecule has 2 amide bonds. The SMILES string of the molecule is Cc1ccccc1NC(=O)C1CCC(C(=O)Nc2ccccc2)CC1. The average molecular weight is 336 g/mol. The second-order valence-electron chi connectivity index (χ2n) is 6.71. The fraction of sp³-hybridized carbons (Fsp3) is 0.333. The molecule has 4 heteroatoms. The first kappa shape index (κ1) is 17.2. The Bertz CT molecular complexity index is 735. The number of anilines is 2. The Labute approximate surface area is 148 Å². The molecule has 1 fully saturated rings. The molecule has 0 spiro atoms. The van der Waals surface area contributed by atoms with Crippen LogP contribution in [0.25, 0.3) is 0 Å². The standard InChI is InChI=1S/C21H24N2O2/c1-15-7-5-6-10-19(15)23-21(25)17-13-11-16(12-14-17)20(24)22-18-8-3-2-4-9-18/h2-10,16-17H,11-14H2,1H3,(H,22,24)(H,23,25). The predicted molar refractivity (Wildman–Crippen MR) is 100 cm³/mol. The molecule has 0 radical (unpaired) electrons. The van der Waals surface area contributed by atoms with E-state index in [1.54, 1.807) is 0 Å². The van der Waals surface area contributed by atoms with Gasteiger partial charge in [-0.05, 0) is 56.4 Å². The van der Waals surface area contributed by atoms with Crippen LogP contribution in [0.4, 0.5) is 11.4 Å². The lowest BCUT2D eigenvalue weighted by atomic mass is 9.81. The minimum absolute atomic E-state index is 0.0114. The molecule has 0 unspecified atom stereocenters. The first-order chi connectivity index (χ1) is 12.1. The fourth-order valence-corrected chi connectivity index (χ4v) is 3.33. The maximum absolute atomic E-state index is 12.5. The summed E-state index contributed by atoms with van der Waals surface area (Å²) in [7, 11) is 0. The predicted octanol–water partition coefficient (Wildman–Crippen LogP) is 4.38. The average Bonchev–Trinajstić information content (AvgIpc) is 2.64.